The summed E-state index contributed by atoms with van der Waals surface area (Å²) in [5.74, 6) is 0. The van der Waals surface area contributed by atoms with Crippen molar-refractivity contribution < 1.29 is 35.3 Å². The van der Waals surface area contributed by atoms with E-state index in [9.17, 15) is 0 Å². The summed E-state index contributed by atoms with van der Waals surface area (Å²) in [6, 6.07) is 31.8. The van der Waals surface area contributed by atoms with E-state index in [1.54, 1.807) is 0 Å². The maximum Gasteiger partial charge on any atom is 4.00 e. The van der Waals surface area contributed by atoms with Gasteiger partial charge >= 0.3 is 25.8 Å². The minimum Gasteiger partial charge on any atom is -1.00 e. The van der Waals surface area contributed by atoms with E-state index in [0.29, 0.717) is 0 Å². The second kappa shape index (κ2) is 12.0. The second-order valence-corrected chi connectivity index (χ2v) is 6.64. The Labute approximate surface area is 168 Å². The third-order valence-corrected chi connectivity index (χ3v) is 5.01. The number of aryl methyl sites for hydroxylation is 1. The van der Waals surface area contributed by atoms with Gasteiger partial charge in [0.05, 0.1) is 0 Å². The van der Waals surface area contributed by atoms with Crippen molar-refractivity contribution >= 4 is 30.0 Å². The summed E-state index contributed by atoms with van der Waals surface area (Å²) in [6.45, 7) is 2.19. The molecule has 0 amide bonds. The third-order valence-electron chi connectivity index (χ3n) is 3.60. The number of rotatable bonds is 2. The molecule has 4 heteroatoms. The van der Waals surface area contributed by atoms with Gasteiger partial charge in [-0.3, -0.25) is 0 Å². The van der Waals surface area contributed by atoms with E-state index in [1.165, 1.54) is 26.9 Å². The molecule has 0 saturated heterocycles. The molecule has 0 aromatic heterocycles. The van der Waals surface area contributed by atoms with Gasteiger partial charge in [0.25, 0.3) is 0 Å². The molecule has 4 aromatic rings. The monoisotopic (exact) mass is 520 g/mol. The van der Waals surface area contributed by atoms with Crippen LogP contribution in [0.15, 0.2) is 91.0 Å². The Kier molecular flexibility index (Phi) is 11.3. The zero-order chi connectivity index (χ0) is 15.2. The van der Waals surface area contributed by atoms with E-state index in [-0.39, 0.29) is 35.3 Å². The molecule has 0 bridgehead atoms. The van der Waals surface area contributed by atoms with E-state index >= 15 is 0 Å². The molecule has 1 atom stereocenters. The molecule has 0 fully saturated rings. The summed E-state index contributed by atoms with van der Waals surface area (Å²) < 4.78 is 0. The van der Waals surface area contributed by atoms with Crippen molar-refractivity contribution in [1.82, 2.24) is 0 Å². The van der Waals surface area contributed by atoms with Crippen LogP contribution in [0.2, 0.25) is 0 Å². The normalized spacial score (nSPS) is 9.48. The van der Waals surface area contributed by atoms with Gasteiger partial charge in [0.15, 0.2) is 0 Å². The van der Waals surface area contributed by atoms with Gasteiger partial charge in [-0.2, -0.15) is 24.3 Å². The molecule has 25 heavy (non-hydrogen) atoms. The van der Waals surface area contributed by atoms with Crippen LogP contribution < -0.4 is 20.0 Å². The zero-order valence-corrected chi connectivity index (χ0v) is 18.5. The van der Waals surface area contributed by atoms with Gasteiger partial charge in [0.1, 0.15) is 0 Å². The van der Waals surface area contributed by atoms with Crippen LogP contribution in [0, 0.1) is 6.92 Å². The van der Waals surface area contributed by atoms with Crippen LogP contribution in [0.1, 0.15) is 5.56 Å². The molecule has 0 saturated carbocycles. The van der Waals surface area contributed by atoms with Crippen molar-refractivity contribution in [2.24, 2.45) is 0 Å². The molecule has 1 unspecified atom stereocenters. The van der Waals surface area contributed by atoms with Crippen molar-refractivity contribution in [3.63, 3.8) is 0 Å². The molecule has 0 aliphatic heterocycles. The maximum absolute atomic E-state index is 2.31. The van der Waals surface area contributed by atoms with Gasteiger partial charge in [0.2, 0.25) is 0 Å². The smallest absolute Gasteiger partial charge is 1.00 e. The Balaban J connectivity index is 0.000000630. The Morgan fingerprint density at radius 1 is 0.800 bits per heavy atom. The fraction of sp³-hybridized carbons (Fsp3) is 0.0476. The van der Waals surface area contributed by atoms with Crippen molar-refractivity contribution in [1.29, 1.82) is 0 Å². The van der Waals surface area contributed by atoms with E-state index in [2.05, 4.69) is 67.6 Å². The standard InChI is InChI=1S/C16H14P.C5H5.2FH.Hf/c1-12-6-2-5-9-16(12)17-15-10-13-7-3-4-8-14(13)11-15;1-2-4-5-3-1;;;/h2-11,17H,1H3;1-5H;2*1H;/q2*-1;;;+4/p-2. The largest absolute Gasteiger partial charge is 4.00 e. The SMILES string of the molecule is Cc1ccccc1Pc1cc2ccccc2[cH-]1.[F-].[F-].[Hf+4].c1cc[cH-]c1. The fourth-order valence-electron chi connectivity index (χ4n) is 2.41. The first-order valence-corrected chi connectivity index (χ1v) is 8.48. The van der Waals surface area contributed by atoms with Gasteiger partial charge in [-0.15, -0.1) is 40.3 Å². The molecule has 0 heterocycles. The molecule has 4 aromatic carbocycles. The molecule has 0 aliphatic rings. The summed E-state index contributed by atoms with van der Waals surface area (Å²) in [7, 11) is 0.759. The van der Waals surface area contributed by atoms with Crippen molar-refractivity contribution in [3.05, 3.63) is 96.6 Å². The number of halogens is 2. The van der Waals surface area contributed by atoms with Gasteiger partial charge in [-0.25, -0.2) is 12.1 Å². The van der Waals surface area contributed by atoms with Crippen LogP contribution in [0.5, 0.6) is 0 Å². The first-order valence-electron chi connectivity index (χ1n) is 7.48. The van der Waals surface area contributed by atoms with E-state index in [4.69, 9.17) is 0 Å². The molecule has 126 valence electrons. The third kappa shape index (κ3) is 6.76. The number of hydrogen-bond donors (Lipinski definition) is 0. The average Bonchev–Trinajstić information content (AvgIpc) is 3.21. The van der Waals surface area contributed by atoms with Crippen LogP contribution in [0.3, 0.4) is 0 Å². The Morgan fingerprint density at radius 3 is 2.04 bits per heavy atom. The van der Waals surface area contributed by atoms with Crippen molar-refractivity contribution in [2.75, 3.05) is 0 Å². The molecule has 0 N–H and O–H groups in total. The van der Waals surface area contributed by atoms with Crippen LogP contribution in [-0.2, 0) is 25.8 Å². The summed E-state index contributed by atoms with van der Waals surface area (Å²) >= 11 is 0. The zero-order valence-electron chi connectivity index (χ0n) is 13.9. The molecular formula is C21H19F2HfP. The predicted octanol–water partition coefficient (Wildman–Crippen LogP) is -1.09. The molecular weight excluding hydrogens is 500 g/mol. The molecule has 0 nitrogen and oxygen atoms in total. The fourth-order valence-corrected chi connectivity index (χ4v) is 3.64. The Hall–Kier alpha value is -1.44. The number of hydrogen-bond acceptors (Lipinski definition) is 0. The second-order valence-electron chi connectivity index (χ2n) is 5.28. The van der Waals surface area contributed by atoms with E-state index < -0.39 is 0 Å². The van der Waals surface area contributed by atoms with Crippen LogP contribution in [-0.4, -0.2) is 0 Å². The summed E-state index contributed by atoms with van der Waals surface area (Å²) in [5.41, 5.74) is 1.39. The van der Waals surface area contributed by atoms with Gasteiger partial charge in [-0.1, -0.05) is 38.9 Å². The van der Waals surface area contributed by atoms with Gasteiger partial charge in [-0.05, 0) is 17.8 Å². The van der Waals surface area contributed by atoms with Gasteiger partial charge < -0.3 is 9.41 Å². The number of benzene rings is 2. The summed E-state index contributed by atoms with van der Waals surface area (Å²) in [5, 5.41) is 5.58. The predicted molar refractivity (Wildman–Crippen MR) is 100 cm³/mol. The van der Waals surface area contributed by atoms with Crippen molar-refractivity contribution in [2.45, 2.75) is 6.92 Å². The van der Waals surface area contributed by atoms with Crippen LogP contribution >= 0.6 is 8.58 Å². The minimum absolute atomic E-state index is 0. The number of fused-ring (bicyclic) bond motifs is 1. The Bertz CT molecular complexity index is 788. The van der Waals surface area contributed by atoms with Crippen molar-refractivity contribution in [3.8, 4) is 0 Å². The first-order chi connectivity index (χ1) is 10.8. The van der Waals surface area contributed by atoms with E-state index in [1.807, 2.05) is 30.3 Å². The summed E-state index contributed by atoms with van der Waals surface area (Å²) in [4.78, 5) is 0. The maximum atomic E-state index is 2.31. The quantitative estimate of drug-likeness (QED) is 0.180. The minimum atomic E-state index is 0. The average molecular weight is 519 g/mol. The van der Waals surface area contributed by atoms with Crippen LogP contribution in [0.4, 0.5) is 0 Å². The molecule has 0 spiro atoms. The molecule has 4 rings (SSSR count). The molecule has 0 radical (unpaired) electrons. The first kappa shape index (κ1) is 23.6. The van der Waals surface area contributed by atoms with Gasteiger partial charge in [0, 0.05) is 0 Å². The topological polar surface area (TPSA) is 0 Å². The van der Waals surface area contributed by atoms with Crippen LogP contribution in [0.25, 0.3) is 10.8 Å². The van der Waals surface area contributed by atoms with E-state index in [0.717, 1.165) is 8.58 Å². The Morgan fingerprint density at radius 2 is 1.44 bits per heavy atom. The summed E-state index contributed by atoms with van der Waals surface area (Å²) in [6.07, 6.45) is 0. The molecule has 0 aliphatic carbocycles.